The van der Waals surface area contributed by atoms with E-state index in [0.717, 1.165) is 17.0 Å². The third kappa shape index (κ3) is 3.51. The molecule has 1 heterocycles. The summed E-state index contributed by atoms with van der Waals surface area (Å²) in [4.78, 5) is 38.7. The number of amides is 3. The molecule has 2 aromatic carbocycles. The van der Waals surface area contributed by atoms with E-state index in [1.54, 1.807) is 6.07 Å². The van der Waals surface area contributed by atoms with Gasteiger partial charge in [0.15, 0.2) is 17.4 Å². The van der Waals surface area contributed by atoms with Crippen molar-refractivity contribution in [2.75, 3.05) is 20.8 Å². The molecule has 2 aromatic rings. The Hall–Kier alpha value is -3.49. The fourth-order valence-electron chi connectivity index (χ4n) is 3.10. The van der Waals surface area contributed by atoms with E-state index in [1.165, 1.54) is 39.3 Å². The monoisotopic (exact) mass is 404 g/mol. The van der Waals surface area contributed by atoms with E-state index in [0.29, 0.717) is 5.75 Å². The molecule has 0 bridgehead atoms. The van der Waals surface area contributed by atoms with Crippen molar-refractivity contribution >= 4 is 17.7 Å². The highest BCUT2D eigenvalue weighted by molar-refractivity contribution is 6.11. The van der Waals surface area contributed by atoms with Crippen LogP contribution in [-0.4, -0.2) is 43.4 Å². The summed E-state index contributed by atoms with van der Waals surface area (Å²) in [5.41, 5.74) is -1.40. The summed E-state index contributed by atoms with van der Waals surface area (Å²) < 4.78 is 37.1. The van der Waals surface area contributed by atoms with Gasteiger partial charge in [-0.05, 0) is 36.8 Å². The summed E-state index contributed by atoms with van der Waals surface area (Å²) >= 11 is 0. The van der Waals surface area contributed by atoms with Crippen LogP contribution in [-0.2, 0) is 10.3 Å². The van der Waals surface area contributed by atoms with Gasteiger partial charge in [-0.25, -0.2) is 13.6 Å². The zero-order valence-corrected chi connectivity index (χ0v) is 15.9. The molecule has 0 unspecified atom stereocenters. The van der Waals surface area contributed by atoms with Crippen LogP contribution in [0, 0.1) is 11.6 Å². The fraction of sp³-hybridized carbons (Fsp3) is 0.250. The van der Waals surface area contributed by atoms with Gasteiger partial charge in [0.2, 0.25) is 0 Å². The molecule has 1 fully saturated rings. The number of benzene rings is 2. The second kappa shape index (κ2) is 7.50. The van der Waals surface area contributed by atoms with Gasteiger partial charge in [0.05, 0.1) is 26.3 Å². The Labute approximate surface area is 165 Å². The first-order chi connectivity index (χ1) is 13.7. The number of carbonyl (C=O) groups is 3. The van der Waals surface area contributed by atoms with E-state index in [1.807, 2.05) is 0 Å². The van der Waals surface area contributed by atoms with E-state index in [9.17, 15) is 23.2 Å². The topological polar surface area (TPSA) is 84.9 Å². The van der Waals surface area contributed by atoms with Crippen LogP contribution in [0.15, 0.2) is 36.4 Å². The summed E-state index contributed by atoms with van der Waals surface area (Å²) in [5.74, 6) is -2.82. The number of halogens is 2. The molecular weight excluding hydrogens is 386 g/mol. The van der Waals surface area contributed by atoms with Crippen LogP contribution >= 0.6 is 0 Å². The van der Waals surface area contributed by atoms with Crippen molar-refractivity contribution in [3.63, 3.8) is 0 Å². The standard InChI is InChI=1S/C20H18F2N2O5/c1-20(11-4-7-14(21)15(22)8-11)18(26)24(19(27)23-20)10-16(25)13-6-5-12(28-2)9-17(13)29-3/h4-9H,10H2,1-3H3,(H,23,27)/t20-/m1/s1. The minimum Gasteiger partial charge on any atom is -0.497 e. The number of carbonyl (C=O) groups excluding carboxylic acids is 3. The number of hydrogen-bond acceptors (Lipinski definition) is 5. The number of ether oxygens (including phenoxy) is 2. The van der Waals surface area contributed by atoms with Gasteiger partial charge >= 0.3 is 6.03 Å². The average molecular weight is 404 g/mol. The maximum Gasteiger partial charge on any atom is 0.325 e. The zero-order valence-electron chi connectivity index (χ0n) is 15.9. The first-order valence-corrected chi connectivity index (χ1v) is 8.56. The summed E-state index contributed by atoms with van der Waals surface area (Å²) in [6.45, 7) is 0.810. The third-order valence-electron chi connectivity index (χ3n) is 4.78. The van der Waals surface area contributed by atoms with E-state index in [4.69, 9.17) is 9.47 Å². The van der Waals surface area contributed by atoms with Crippen LogP contribution in [0.1, 0.15) is 22.8 Å². The van der Waals surface area contributed by atoms with Gasteiger partial charge in [-0.3, -0.25) is 14.5 Å². The Kier molecular flexibility index (Phi) is 5.23. The molecule has 1 N–H and O–H groups in total. The Balaban J connectivity index is 1.87. The predicted molar refractivity (Wildman–Crippen MR) is 97.8 cm³/mol. The number of nitrogens with one attached hydrogen (secondary N) is 1. The lowest BCUT2D eigenvalue weighted by atomic mass is 9.92. The van der Waals surface area contributed by atoms with Crippen LogP contribution in [0.2, 0.25) is 0 Å². The quantitative estimate of drug-likeness (QED) is 0.591. The van der Waals surface area contributed by atoms with E-state index in [2.05, 4.69) is 5.32 Å². The number of rotatable bonds is 6. The maximum atomic E-state index is 13.6. The third-order valence-corrected chi connectivity index (χ3v) is 4.78. The van der Waals surface area contributed by atoms with Crippen LogP contribution < -0.4 is 14.8 Å². The van der Waals surface area contributed by atoms with Crippen molar-refractivity contribution < 1.29 is 32.6 Å². The highest BCUT2D eigenvalue weighted by Gasteiger charge is 2.49. The summed E-state index contributed by atoms with van der Waals surface area (Å²) in [6.07, 6.45) is 0. The molecule has 152 valence electrons. The molecule has 1 aliphatic rings. The Bertz CT molecular complexity index is 1010. The number of imide groups is 1. The van der Waals surface area contributed by atoms with Crippen molar-refractivity contribution in [3.05, 3.63) is 59.2 Å². The molecule has 1 saturated heterocycles. The van der Waals surface area contributed by atoms with E-state index < -0.39 is 41.4 Å². The molecule has 0 radical (unpaired) electrons. The highest BCUT2D eigenvalue weighted by atomic mass is 19.2. The summed E-state index contributed by atoms with van der Waals surface area (Å²) in [5, 5.41) is 2.44. The van der Waals surface area contributed by atoms with Crippen molar-refractivity contribution in [3.8, 4) is 11.5 Å². The molecule has 7 nitrogen and oxygen atoms in total. The number of methoxy groups -OCH3 is 2. The van der Waals surface area contributed by atoms with Gasteiger partial charge < -0.3 is 14.8 Å². The first kappa shape index (κ1) is 20.2. The van der Waals surface area contributed by atoms with Crippen LogP contribution in [0.5, 0.6) is 11.5 Å². The van der Waals surface area contributed by atoms with E-state index in [-0.39, 0.29) is 16.9 Å². The molecule has 9 heteroatoms. The van der Waals surface area contributed by atoms with E-state index >= 15 is 0 Å². The smallest absolute Gasteiger partial charge is 0.325 e. The molecule has 0 aliphatic carbocycles. The van der Waals surface area contributed by atoms with Gasteiger partial charge in [-0.1, -0.05) is 6.07 Å². The Morgan fingerprint density at radius 2 is 1.79 bits per heavy atom. The molecule has 1 aliphatic heterocycles. The summed E-state index contributed by atoms with van der Waals surface area (Å²) in [7, 11) is 2.84. The van der Waals surface area contributed by atoms with Gasteiger partial charge in [-0.2, -0.15) is 0 Å². The zero-order chi connectivity index (χ0) is 21.3. The lowest BCUT2D eigenvalue weighted by Crippen LogP contribution is -2.41. The Morgan fingerprint density at radius 3 is 2.41 bits per heavy atom. The van der Waals surface area contributed by atoms with Gasteiger partial charge in [0, 0.05) is 6.07 Å². The van der Waals surface area contributed by atoms with Crippen molar-refractivity contribution in [2.45, 2.75) is 12.5 Å². The van der Waals surface area contributed by atoms with Crippen LogP contribution in [0.25, 0.3) is 0 Å². The lowest BCUT2D eigenvalue weighted by Gasteiger charge is -2.22. The molecule has 0 aromatic heterocycles. The molecule has 0 spiro atoms. The predicted octanol–water partition coefficient (Wildman–Crippen LogP) is 2.63. The largest absolute Gasteiger partial charge is 0.497 e. The molecule has 3 rings (SSSR count). The average Bonchev–Trinajstić information content (AvgIpc) is 2.93. The molecular formula is C20H18F2N2O5. The second-order valence-corrected chi connectivity index (χ2v) is 6.56. The van der Waals surface area contributed by atoms with Crippen molar-refractivity contribution in [1.29, 1.82) is 0 Å². The molecule has 3 amide bonds. The normalized spacial score (nSPS) is 18.6. The maximum absolute atomic E-state index is 13.6. The van der Waals surface area contributed by atoms with Crippen LogP contribution in [0.4, 0.5) is 13.6 Å². The lowest BCUT2D eigenvalue weighted by molar-refractivity contribution is -0.130. The highest BCUT2D eigenvalue weighted by Crippen LogP contribution is 2.31. The number of urea groups is 1. The van der Waals surface area contributed by atoms with Gasteiger partial charge in [-0.15, -0.1) is 0 Å². The number of ketones is 1. The molecule has 0 saturated carbocycles. The van der Waals surface area contributed by atoms with Crippen LogP contribution in [0.3, 0.4) is 0 Å². The van der Waals surface area contributed by atoms with Gasteiger partial charge in [0.1, 0.15) is 17.0 Å². The number of hydrogen-bond donors (Lipinski definition) is 1. The second-order valence-electron chi connectivity index (χ2n) is 6.56. The minimum absolute atomic E-state index is 0.0618. The molecule has 1 atom stereocenters. The number of Topliss-reactive ketones (excluding diaryl/α,β-unsaturated/α-hetero) is 1. The van der Waals surface area contributed by atoms with Crippen molar-refractivity contribution in [2.24, 2.45) is 0 Å². The minimum atomic E-state index is -1.63. The fourth-order valence-corrected chi connectivity index (χ4v) is 3.10. The SMILES string of the molecule is COc1ccc(C(=O)CN2C(=O)N[C@](C)(c3ccc(F)c(F)c3)C2=O)c(OC)c1. The Morgan fingerprint density at radius 1 is 1.07 bits per heavy atom. The first-order valence-electron chi connectivity index (χ1n) is 8.56. The van der Waals surface area contributed by atoms with Gasteiger partial charge in [0.25, 0.3) is 5.91 Å². The molecule has 29 heavy (non-hydrogen) atoms. The summed E-state index contributed by atoms with van der Waals surface area (Å²) in [6, 6.07) is 6.61. The number of nitrogens with zero attached hydrogens (tertiary/aromatic N) is 1. The van der Waals surface area contributed by atoms with Crippen molar-refractivity contribution in [1.82, 2.24) is 10.2 Å².